The minimum atomic E-state index is -0.590. The number of benzene rings is 16. The van der Waals surface area contributed by atoms with Crippen LogP contribution in [0.15, 0.2) is 394 Å². The summed E-state index contributed by atoms with van der Waals surface area (Å²) in [4.78, 5) is 65.8. The number of carbonyl (C=O) groups is 2. The predicted octanol–water partition coefficient (Wildman–Crippen LogP) is 22.8. The summed E-state index contributed by atoms with van der Waals surface area (Å²) in [7, 11) is 0. The Kier molecular flexibility index (Phi) is 18.9. The number of hydrogen-bond donors (Lipinski definition) is 0. The molecule has 0 fully saturated rings. The molecule has 15 heteroatoms. The predicted molar refractivity (Wildman–Crippen MR) is 486 cm³/mol. The Labute approximate surface area is 704 Å². The molecule has 0 spiro atoms. The summed E-state index contributed by atoms with van der Waals surface area (Å²) >= 11 is 0. The molecule has 16 aromatic carbocycles. The molecule has 0 unspecified atom stereocenters. The maximum Gasteiger partial charge on any atom is 0.338 e. The highest BCUT2D eigenvalue weighted by Crippen LogP contribution is 2.49. The smallest absolute Gasteiger partial charge is 0.338 e. The van der Waals surface area contributed by atoms with E-state index in [0.29, 0.717) is 62.9 Å². The summed E-state index contributed by atoms with van der Waals surface area (Å²) in [5, 5.41) is 12.8. The van der Waals surface area contributed by atoms with E-state index in [1.807, 2.05) is 249 Å². The quantitative estimate of drug-likeness (QED) is 0.0589. The normalized spacial score (nSPS) is 11.8. The van der Waals surface area contributed by atoms with Crippen LogP contribution in [0.25, 0.3) is 129 Å². The molecular formula is C107H69BN10O4. The third-order valence-corrected chi connectivity index (χ3v) is 22.8. The van der Waals surface area contributed by atoms with Gasteiger partial charge in [0.05, 0.1) is 39.5 Å². The zero-order chi connectivity index (χ0) is 81.6. The lowest BCUT2D eigenvalue weighted by Crippen LogP contribution is -2.61. The second kappa shape index (κ2) is 31.5. The summed E-state index contributed by atoms with van der Waals surface area (Å²) in [5.74, 6) is 1.86. The van der Waals surface area contributed by atoms with Crippen LogP contribution in [0.3, 0.4) is 0 Å². The van der Waals surface area contributed by atoms with Crippen LogP contribution in [-0.4, -0.2) is 53.1 Å². The van der Waals surface area contributed by atoms with E-state index in [1.54, 1.807) is 0 Å². The van der Waals surface area contributed by atoms with Gasteiger partial charge in [-0.15, -0.1) is 0 Å². The Morgan fingerprint density at radius 3 is 1.09 bits per heavy atom. The molecule has 14 nitrogen and oxygen atoms in total. The summed E-state index contributed by atoms with van der Waals surface area (Å²) < 4.78 is 14.6. The second-order valence-corrected chi connectivity index (χ2v) is 30.2. The number of anilines is 6. The number of rotatable bonds is 18. The van der Waals surface area contributed by atoms with Gasteiger partial charge in [0.2, 0.25) is 0 Å². The second-order valence-electron chi connectivity index (χ2n) is 30.2. The van der Waals surface area contributed by atoms with Crippen molar-refractivity contribution in [1.29, 1.82) is 5.26 Å². The maximum atomic E-state index is 14.9. The summed E-state index contributed by atoms with van der Waals surface area (Å²) in [6, 6.07) is 135. The Balaban J connectivity index is 0.814. The molecule has 0 aliphatic carbocycles. The lowest BCUT2D eigenvalue weighted by Gasteiger charge is -2.44. The molecule has 19 aromatic rings. The van der Waals surface area contributed by atoms with Crippen molar-refractivity contribution < 1.29 is 19.1 Å². The van der Waals surface area contributed by atoms with Crippen LogP contribution in [-0.2, 0) is 22.7 Å². The molecule has 574 valence electrons. The zero-order valence-corrected chi connectivity index (χ0v) is 65.6. The standard InChI is InChI=1S/C107H69BN10O4/c109-66-71-41-55-93(89(59-71)105-114-102(78-37-21-7-22-38-78)111-103(115-105)79-39-23-8-24-40-79)118-92-56-47-80(60-88(92)87-54-46-81(63-96(87)118)104-112-100(76-33-17-5-18-34-76)110-101(113-104)77-35-19-6-20-36-77)84-64-97-99-98(65-84)117(86-52-44-75(45-53-86)73-31-15-4-16-32-73)95-58-49-83(107(120)122-68-70-27-11-2-12-28-70)62-91(95)108(99)90-61-82(106(119)121-67-69-25-9-1-10-26-69)48-57-94(90)116(97)85-50-42-74(43-51-85)72-29-13-3-14-30-72/h1-65H,67-68H2. The lowest BCUT2D eigenvalue weighted by atomic mass is 9.33. The molecule has 2 aliphatic heterocycles. The molecule has 21 rings (SSSR count). The topological polar surface area (TPSA) is 165 Å². The van der Waals surface area contributed by atoms with Crippen LogP contribution in [0.2, 0.25) is 0 Å². The minimum Gasteiger partial charge on any atom is -0.457 e. The fourth-order valence-electron chi connectivity index (χ4n) is 16.9. The number of aromatic nitrogens is 7. The number of nitriles is 1. The highest BCUT2D eigenvalue weighted by Gasteiger charge is 2.45. The van der Waals surface area contributed by atoms with E-state index in [4.69, 9.17) is 39.4 Å². The van der Waals surface area contributed by atoms with Crippen LogP contribution in [0, 0.1) is 11.3 Å². The van der Waals surface area contributed by atoms with Gasteiger partial charge in [-0.2, -0.15) is 5.26 Å². The van der Waals surface area contributed by atoms with Crippen LogP contribution >= 0.6 is 0 Å². The number of fused-ring (bicyclic) bond motifs is 7. The number of carbonyl (C=O) groups excluding carboxylic acids is 2. The molecule has 0 atom stereocenters. The average molecular weight is 1570 g/mol. The van der Waals surface area contributed by atoms with Crippen LogP contribution in [0.5, 0.6) is 0 Å². The van der Waals surface area contributed by atoms with E-state index in [0.717, 1.165) is 145 Å². The SMILES string of the molecule is N#Cc1ccc(-n2c3ccc(-c4cc5c6c(c4)N(c4ccc(-c7ccccc7)cc4)c4ccc(C(=O)OCc7ccccc7)cc4B6c4cc(C(=O)OCc6ccccc6)ccc4N5c4ccc(-c5ccccc5)cc4)cc3c3ccc(-c4nc(-c5ccccc5)nc(-c5ccccc5)n4)cc32)c(-c2nc(-c3ccccc3)nc(-c3ccccc3)n2)c1. The van der Waals surface area contributed by atoms with E-state index in [9.17, 15) is 14.9 Å². The van der Waals surface area contributed by atoms with Crippen molar-refractivity contribution >= 4 is 91.0 Å². The van der Waals surface area contributed by atoms with Gasteiger partial charge in [-0.1, -0.05) is 297 Å². The van der Waals surface area contributed by atoms with Crippen LogP contribution < -0.4 is 26.2 Å². The van der Waals surface area contributed by atoms with Crippen molar-refractivity contribution in [3.05, 3.63) is 422 Å². The Morgan fingerprint density at radius 2 is 0.664 bits per heavy atom. The molecule has 2 aliphatic rings. The van der Waals surface area contributed by atoms with E-state index < -0.39 is 18.7 Å². The first-order valence-corrected chi connectivity index (χ1v) is 40.4. The van der Waals surface area contributed by atoms with Crippen LogP contribution in [0.1, 0.15) is 37.4 Å². The van der Waals surface area contributed by atoms with E-state index in [-0.39, 0.29) is 13.2 Å². The first-order chi connectivity index (χ1) is 60.2. The molecule has 122 heavy (non-hydrogen) atoms. The molecule has 0 amide bonds. The maximum absolute atomic E-state index is 14.9. The van der Waals surface area contributed by atoms with Crippen LogP contribution in [0.4, 0.5) is 34.1 Å². The average Bonchev–Trinajstić information content (AvgIpc) is 0.815. The highest BCUT2D eigenvalue weighted by atomic mass is 16.5. The molecule has 0 bridgehead atoms. The van der Waals surface area contributed by atoms with Gasteiger partial charge in [0, 0.05) is 78.3 Å². The van der Waals surface area contributed by atoms with E-state index in [1.165, 1.54) is 0 Å². The monoisotopic (exact) mass is 1570 g/mol. The van der Waals surface area contributed by atoms with Gasteiger partial charge in [-0.05, 0) is 158 Å². The fraction of sp³-hybridized carbons (Fsp3) is 0.0187. The lowest BCUT2D eigenvalue weighted by molar-refractivity contribution is 0.0464. The molecule has 0 radical (unpaired) electrons. The van der Waals surface area contributed by atoms with Gasteiger partial charge < -0.3 is 23.8 Å². The number of ether oxygens (including phenoxy) is 2. The summed E-state index contributed by atoms with van der Waals surface area (Å²) in [6.45, 7) is -0.436. The van der Waals surface area contributed by atoms with Gasteiger partial charge in [-0.3, -0.25) is 0 Å². The van der Waals surface area contributed by atoms with Gasteiger partial charge >= 0.3 is 11.9 Å². The first-order valence-electron chi connectivity index (χ1n) is 40.4. The summed E-state index contributed by atoms with van der Waals surface area (Å²) in [5.41, 5.74) is 23.6. The third kappa shape index (κ3) is 13.8. The molecule has 0 saturated carbocycles. The van der Waals surface area contributed by atoms with Gasteiger partial charge in [0.1, 0.15) is 13.2 Å². The number of hydrogen-bond acceptors (Lipinski definition) is 13. The first kappa shape index (κ1) is 73.1. The largest absolute Gasteiger partial charge is 0.457 e. The Hall–Kier alpha value is -16.6. The molecule has 0 N–H and O–H groups in total. The fourth-order valence-corrected chi connectivity index (χ4v) is 16.9. The van der Waals surface area contributed by atoms with Crippen molar-refractivity contribution in [1.82, 2.24) is 34.5 Å². The molecule has 0 saturated heterocycles. The Morgan fingerprint density at radius 1 is 0.295 bits per heavy atom. The highest BCUT2D eigenvalue weighted by molar-refractivity contribution is 7.00. The van der Waals surface area contributed by atoms with Crippen molar-refractivity contribution in [2.75, 3.05) is 9.80 Å². The van der Waals surface area contributed by atoms with Gasteiger partial charge in [0.15, 0.2) is 34.9 Å². The van der Waals surface area contributed by atoms with Crippen molar-refractivity contribution in [3.8, 4) is 113 Å². The van der Waals surface area contributed by atoms with Crippen molar-refractivity contribution in [2.24, 2.45) is 0 Å². The third-order valence-electron chi connectivity index (χ3n) is 22.8. The van der Waals surface area contributed by atoms with Crippen molar-refractivity contribution in [2.45, 2.75) is 13.2 Å². The molecule has 5 heterocycles. The van der Waals surface area contributed by atoms with E-state index in [2.05, 4.69) is 166 Å². The van der Waals surface area contributed by atoms with Gasteiger partial charge in [-0.25, -0.2) is 39.5 Å². The number of nitrogens with zero attached hydrogens (tertiary/aromatic N) is 10. The minimum absolute atomic E-state index is 0.0773. The summed E-state index contributed by atoms with van der Waals surface area (Å²) in [6.07, 6.45) is 0. The zero-order valence-electron chi connectivity index (χ0n) is 65.6. The number of esters is 2. The van der Waals surface area contributed by atoms with Crippen molar-refractivity contribution in [3.63, 3.8) is 0 Å². The Bertz CT molecular complexity index is 6960. The molecule has 3 aromatic heterocycles. The van der Waals surface area contributed by atoms with E-state index >= 15 is 0 Å². The molecular weight excluding hydrogens is 1500 g/mol. The van der Waals surface area contributed by atoms with Gasteiger partial charge in [0.25, 0.3) is 6.71 Å².